The minimum Gasteiger partial charge on any atom is -0.445 e. The van der Waals surface area contributed by atoms with Gasteiger partial charge in [-0.3, -0.25) is 19.3 Å². The summed E-state index contributed by atoms with van der Waals surface area (Å²) in [5, 5.41) is 6.16. The molecule has 0 radical (unpaired) electrons. The van der Waals surface area contributed by atoms with Crippen LogP contribution in [0.3, 0.4) is 0 Å². The smallest absolute Gasteiger partial charge is 0.411 e. The van der Waals surface area contributed by atoms with Crippen molar-refractivity contribution in [3.8, 4) is 0 Å². The SMILES string of the molecule is CC(C)(C)NC(=O)C1(C2CCCCC2)CCN(C(=O)[C@@H](Cc2ccc(F)cc2)NC(=O)[C@@H]2CN(C(=O)OCc3ccccc3)CCN2C(=O)OC(C)(C)C)CC1. The van der Waals surface area contributed by atoms with E-state index in [1.54, 1.807) is 37.8 Å². The molecule has 1 saturated carbocycles. The number of hydrogen-bond acceptors (Lipinski definition) is 7. The number of nitrogens with one attached hydrogen (secondary N) is 2. The molecule has 2 atom stereocenters. The van der Waals surface area contributed by atoms with Gasteiger partial charge in [0.1, 0.15) is 30.1 Å². The molecule has 2 aliphatic heterocycles. The summed E-state index contributed by atoms with van der Waals surface area (Å²) in [6.07, 6.45) is 4.95. The molecule has 2 aromatic carbocycles. The maximum Gasteiger partial charge on any atom is 0.411 e. The number of piperazine rings is 1. The molecule has 13 heteroatoms. The predicted octanol–water partition coefficient (Wildman–Crippen LogP) is 6.21. The Morgan fingerprint density at radius 1 is 0.804 bits per heavy atom. The number of ether oxygens (including phenoxy) is 2. The van der Waals surface area contributed by atoms with E-state index in [0.717, 1.165) is 37.7 Å². The van der Waals surface area contributed by atoms with Crippen LogP contribution in [0.4, 0.5) is 14.0 Å². The number of carbonyl (C=O) groups excluding carboxylic acids is 5. The van der Waals surface area contributed by atoms with Gasteiger partial charge in [0.15, 0.2) is 0 Å². The normalized spacial score (nSPS) is 19.8. The van der Waals surface area contributed by atoms with Gasteiger partial charge >= 0.3 is 12.2 Å². The van der Waals surface area contributed by atoms with Crippen LogP contribution in [0.2, 0.25) is 0 Å². The Balaban J connectivity index is 1.37. The van der Waals surface area contributed by atoms with Crippen molar-refractivity contribution in [2.24, 2.45) is 11.3 Å². The van der Waals surface area contributed by atoms with E-state index in [9.17, 15) is 28.4 Å². The number of halogens is 1. The van der Waals surface area contributed by atoms with Gasteiger partial charge in [0, 0.05) is 38.1 Å². The Morgan fingerprint density at radius 3 is 2.05 bits per heavy atom. The monoisotopic (exact) mass is 777 g/mol. The summed E-state index contributed by atoms with van der Waals surface area (Å²) in [4.78, 5) is 74.0. The fraction of sp³-hybridized carbons (Fsp3) is 0.605. The first-order chi connectivity index (χ1) is 26.4. The Labute approximate surface area is 330 Å². The predicted molar refractivity (Wildman–Crippen MR) is 210 cm³/mol. The van der Waals surface area contributed by atoms with Crippen molar-refractivity contribution >= 4 is 29.9 Å². The van der Waals surface area contributed by atoms with Gasteiger partial charge < -0.3 is 29.9 Å². The highest BCUT2D eigenvalue weighted by Gasteiger charge is 2.49. The van der Waals surface area contributed by atoms with Crippen molar-refractivity contribution in [2.75, 3.05) is 32.7 Å². The zero-order chi connectivity index (χ0) is 40.7. The lowest BCUT2D eigenvalue weighted by Crippen LogP contribution is -2.64. The van der Waals surface area contributed by atoms with Gasteiger partial charge in [0.2, 0.25) is 17.7 Å². The van der Waals surface area contributed by atoms with Crippen LogP contribution in [0.25, 0.3) is 0 Å². The maximum absolute atomic E-state index is 14.5. The van der Waals surface area contributed by atoms with E-state index in [4.69, 9.17) is 9.47 Å². The molecule has 1 aliphatic carbocycles. The van der Waals surface area contributed by atoms with Gasteiger partial charge in [0.25, 0.3) is 0 Å². The molecular formula is C43H60FN5O7. The van der Waals surface area contributed by atoms with Crippen LogP contribution in [-0.2, 0) is 36.9 Å². The summed E-state index contributed by atoms with van der Waals surface area (Å²) in [6.45, 7) is 11.7. The number of rotatable bonds is 9. The first-order valence-electron chi connectivity index (χ1n) is 20.1. The summed E-state index contributed by atoms with van der Waals surface area (Å²) in [7, 11) is 0. The quantitative estimate of drug-likeness (QED) is 0.309. The van der Waals surface area contributed by atoms with Crippen LogP contribution in [-0.4, -0.2) is 101 Å². The van der Waals surface area contributed by atoms with E-state index in [-0.39, 0.29) is 50.4 Å². The third kappa shape index (κ3) is 11.2. The van der Waals surface area contributed by atoms with Crippen LogP contribution in [0.15, 0.2) is 54.6 Å². The molecule has 0 bridgehead atoms. The first kappa shape index (κ1) is 42.5. The molecule has 5 amide bonds. The Kier molecular flexibility index (Phi) is 13.7. The van der Waals surface area contributed by atoms with E-state index in [1.165, 1.54) is 21.9 Å². The average Bonchev–Trinajstić information content (AvgIpc) is 3.16. The van der Waals surface area contributed by atoms with Crippen molar-refractivity contribution in [2.45, 2.75) is 123 Å². The topological polar surface area (TPSA) is 138 Å². The van der Waals surface area contributed by atoms with Gasteiger partial charge in [-0.1, -0.05) is 61.7 Å². The minimum atomic E-state index is -1.20. The molecule has 0 spiro atoms. The third-order valence-corrected chi connectivity index (χ3v) is 11.0. The lowest BCUT2D eigenvalue weighted by molar-refractivity contribution is -0.147. The maximum atomic E-state index is 14.5. The standard InChI is InChI=1S/C43H60FN5O7/c1-41(2,3)46-38(52)43(32-15-11-8-12-16-32)21-23-47(24-22-43)37(51)34(27-30-17-19-33(44)20-18-30)45-36(50)35-28-48(25-26-49(35)40(54)56-42(4,5)6)39(53)55-29-31-13-9-7-10-14-31/h7,9-10,13-14,17-20,32,34-35H,8,11-12,15-16,21-29H2,1-6H3,(H,45,50)(H,46,52)/t34-,35+/m1/s1. The van der Waals surface area contributed by atoms with E-state index >= 15 is 0 Å². The molecule has 306 valence electrons. The third-order valence-electron chi connectivity index (χ3n) is 11.0. The van der Waals surface area contributed by atoms with Crippen molar-refractivity contribution in [1.29, 1.82) is 0 Å². The van der Waals surface area contributed by atoms with Crippen LogP contribution in [0.5, 0.6) is 0 Å². The number of hydrogen-bond donors (Lipinski definition) is 2. The molecule has 0 unspecified atom stereocenters. The molecule has 0 aromatic heterocycles. The van der Waals surface area contributed by atoms with E-state index in [0.29, 0.717) is 31.5 Å². The lowest BCUT2D eigenvalue weighted by atomic mass is 9.63. The number of benzene rings is 2. The van der Waals surface area contributed by atoms with Crippen molar-refractivity contribution < 1.29 is 37.8 Å². The van der Waals surface area contributed by atoms with Crippen LogP contribution < -0.4 is 10.6 Å². The van der Waals surface area contributed by atoms with Gasteiger partial charge in [-0.15, -0.1) is 0 Å². The first-order valence-corrected chi connectivity index (χ1v) is 20.1. The molecule has 2 saturated heterocycles. The number of piperidine rings is 1. The average molecular weight is 778 g/mol. The molecule has 3 aliphatic rings. The molecule has 12 nitrogen and oxygen atoms in total. The molecular weight excluding hydrogens is 717 g/mol. The second-order valence-corrected chi connectivity index (χ2v) is 17.6. The Hall–Kier alpha value is -4.68. The summed E-state index contributed by atoms with van der Waals surface area (Å²) in [6, 6.07) is 12.7. The van der Waals surface area contributed by atoms with Gasteiger partial charge in [-0.05, 0) is 96.4 Å². The highest BCUT2D eigenvalue weighted by molar-refractivity contribution is 5.92. The molecule has 2 aromatic rings. The second-order valence-electron chi connectivity index (χ2n) is 17.6. The largest absolute Gasteiger partial charge is 0.445 e. The van der Waals surface area contributed by atoms with E-state index in [2.05, 4.69) is 10.6 Å². The number of carbonyl (C=O) groups is 5. The van der Waals surface area contributed by atoms with Gasteiger partial charge in [-0.25, -0.2) is 14.0 Å². The fourth-order valence-electron chi connectivity index (χ4n) is 8.13. The zero-order valence-corrected chi connectivity index (χ0v) is 33.9. The minimum absolute atomic E-state index is 0.00395. The summed E-state index contributed by atoms with van der Waals surface area (Å²) in [5.41, 5.74) is -0.434. The summed E-state index contributed by atoms with van der Waals surface area (Å²) < 4.78 is 25.2. The fourth-order valence-corrected chi connectivity index (χ4v) is 8.13. The van der Waals surface area contributed by atoms with E-state index < -0.39 is 52.5 Å². The highest BCUT2D eigenvalue weighted by atomic mass is 19.1. The van der Waals surface area contributed by atoms with Crippen LogP contribution >= 0.6 is 0 Å². The Bertz CT molecular complexity index is 1680. The number of amides is 5. The van der Waals surface area contributed by atoms with E-state index in [1.807, 2.05) is 51.1 Å². The molecule has 2 N–H and O–H groups in total. The molecule has 3 fully saturated rings. The van der Waals surface area contributed by atoms with Gasteiger partial charge in [0.05, 0.1) is 12.0 Å². The second kappa shape index (κ2) is 18.1. The van der Waals surface area contributed by atoms with Crippen molar-refractivity contribution in [1.82, 2.24) is 25.3 Å². The Morgan fingerprint density at radius 2 is 1.45 bits per heavy atom. The van der Waals surface area contributed by atoms with Gasteiger partial charge in [-0.2, -0.15) is 0 Å². The highest BCUT2D eigenvalue weighted by Crippen LogP contribution is 2.46. The molecule has 5 rings (SSSR count). The van der Waals surface area contributed by atoms with Crippen molar-refractivity contribution in [3.63, 3.8) is 0 Å². The zero-order valence-electron chi connectivity index (χ0n) is 33.9. The molecule has 2 heterocycles. The van der Waals surface area contributed by atoms with Crippen LogP contribution in [0, 0.1) is 17.2 Å². The molecule has 56 heavy (non-hydrogen) atoms. The number of likely N-dealkylation sites (tertiary alicyclic amines) is 1. The summed E-state index contributed by atoms with van der Waals surface area (Å²) in [5.74, 6) is -1.16. The lowest BCUT2D eigenvalue weighted by Gasteiger charge is -2.48. The van der Waals surface area contributed by atoms with Crippen LogP contribution in [0.1, 0.15) is 97.6 Å². The van der Waals surface area contributed by atoms with Crippen molar-refractivity contribution in [3.05, 3.63) is 71.5 Å². The number of nitrogens with zero attached hydrogens (tertiary/aromatic N) is 3. The summed E-state index contributed by atoms with van der Waals surface area (Å²) >= 11 is 0.